The molecule has 1 amide bonds. The van der Waals surface area contributed by atoms with E-state index in [0.717, 1.165) is 22.7 Å². The molecule has 0 unspecified atom stereocenters. The lowest BCUT2D eigenvalue weighted by molar-refractivity contribution is -0.122. The highest BCUT2D eigenvalue weighted by molar-refractivity contribution is 7.09. The predicted octanol–water partition coefficient (Wildman–Crippen LogP) is 3.44. The van der Waals surface area contributed by atoms with Crippen molar-refractivity contribution >= 4 is 28.6 Å². The van der Waals surface area contributed by atoms with Gasteiger partial charge >= 0.3 is 0 Å². The van der Waals surface area contributed by atoms with Gasteiger partial charge < -0.3 is 5.32 Å². The van der Waals surface area contributed by atoms with Crippen LogP contribution in [-0.2, 0) is 17.8 Å². The minimum atomic E-state index is -0.0948. The lowest BCUT2D eigenvalue weighted by Crippen LogP contribution is -2.37. The van der Waals surface area contributed by atoms with Crippen LogP contribution in [0.4, 0.5) is 0 Å². The predicted molar refractivity (Wildman–Crippen MR) is 106 cm³/mol. The Kier molecular flexibility index (Phi) is 6.49. The Bertz CT molecular complexity index is 817. The summed E-state index contributed by atoms with van der Waals surface area (Å²) in [5.74, 6) is 0.00414. The number of nitrogens with zero attached hydrogens (tertiary/aromatic N) is 3. The number of hydrogen-bond acceptors (Lipinski definition) is 6. The van der Waals surface area contributed by atoms with E-state index < -0.39 is 0 Å². The van der Waals surface area contributed by atoms with Crippen molar-refractivity contribution in [3.63, 3.8) is 0 Å². The zero-order valence-electron chi connectivity index (χ0n) is 14.9. The fraction of sp³-hybridized carbons (Fsp3) is 0.316. The van der Waals surface area contributed by atoms with Gasteiger partial charge in [-0.15, -0.1) is 11.3 Å². The van der Waals surface area contributed by atoms with Crippen LogP contribution in [0.3, 0.4) is 0 Å². The summed E-state index contributed by atoms with van der Waals surface area (Å²) in [7, 11) is 1.94. The highest BCUT2D eigenvalue weighted by atomic mass is 32.1. The maximum atomic E-state index is 12.6. The molecule has 0 saturated carbocycles. The van der Waals surface area contributed by atoms with Crippen LogP contribution in [-0.4, -0.2) is 34.4 Å². The number of thiophene rings is 1. The van der Waals surface area contributed by atoms with Gasteiger partial charge in [0.1, 0.15) is 5.01 Å². The van der Waals surface area contributed by atoms with Gasteiger partial charge in [-0.2, -0.15) is 11.3 Å². The van der Waals surface area contributed by atoms with Gasteiger partial charge in [0.2, 0.25) is 5.91 Å². The molecule has 0 aromatic carbocycles. The molecule has 0 bridgehead atoms. The summed E-state index contributed by atoms with van der Waals surface area (Å²) in [6.07, 6.45) is 4.34. The topological polar surface area (TPSA) is 58.1 Å². The average molecular weight is 387 g/mol. The first-order valence-electron chi connectivity index (χ1n) is 8.40. The molecule has 0 aliphatic heterocycles. The standard InChI is InChI=1S/C19H22N4OS2/c1-14-12-26-19(21-14)17(8-15-5-7-25-13-15)22-18(24)11-23(2)10-16-4-3-6-20-9-16/h3-7,9,12-13,17H,8,10-11H2,1-2H3,(H,22,24)/t17-/m0/s1. The van der Waals surface area contributed by atoms with Crippen LogP contribution in [0.5, 0.6) is 0 Å². The van der Waals surface area contributed by atoms with E-state index in [1.165, 1.54) is 5.56 Å². The number of carbonyl (C=O) groups excluding carboxylic acids is 1. The van der Waals surface area contributed by atoms with E-state index in [2.05, 4.69) is 32.1 Å². The van der Waals surface area contributed by atoms with Crippen molar-refractivity contribution in [2.45, 2.75) is 25.9 Å². The lowest BCUT2D eigenvalue weighted by Gasteiger charge is -2.20. The van der Waals surface area contributed by atoms with Gasteiger partial charge in [0.15, 0.2) is 0 Å². The Morgan fingerprint density at radius 1 is 1.31 bits per heavy atom. The largest absolute Gasteiger partial charge is 0.345 e. The number of hydrogen-bond donors (Lipinski definition) is 1. The maximum absolute atomic E-state index is 12.6. The van der Waals surface area contributed by atoms with Crippen LogP contribution in [0, 0.1) is 6.92 Å². The van der Waals surface area contributed by atoms with Gasteiger partial charge in [0.05, 0.1) is 12.6 Å². The Balaban J connectivity index is 1.61. The summed E-state index contributed by atoms with van der Waals surface area (Å²) in [5, 5.41) is 10.3. The van der Waals surface area contributed by atoms with Crippen LogP contribution in [0.25, 0.3) is 0 Å². The van der Waals surface area contributed by atoms with Crippen LogP contribution in [0.2, 0.25) is 0 Å². The second kappa shape index (κ2) is 9.02. The molecule has 3 aromatic rings. The normalized spacial score (nSPS) is 12.3. The second-order valence-corrected chi connectivity index (χ2v) is 7.99. The average Bonchev–Trinajstić information content (AvgIpc) is 3.26. The van der Waals surface area contributed by atoms with E-state index in [1.54, 1.807) is 28.9 Å². The number of aryl methyl sites for hydroxylation is 1. The van der Waals surface area contributed by atoms with Crippen molar-refractivity contribution in [2.24, 2.45) is 0 Å². The van der Waals surface area contributed by atoms with Crippen molar-refractivity contribution < 1.29 is 4.79 Å². The Hall–Kier alpha value is -2.09. The van der Waals surface area contributed by atoms with Crippen molar-refractivity contribution in [1.29, 1.82) is 0 Å². The second-order valence-electron chi connectivity index (χ2n) is 6.32. The van der Waals surface area contributed by atoms with Gasteiger partial charge in [-0.05, 0) is 48.0 Å². The molecule has 3 aromatic heterocycles. The summed E-state index contributed by atoms with van der Waals surface area (Å²) < 4.78 is 0. The highest BCUT2D eigenvalue weighted by Gasteiger charge is 2.19. The molecule has 0 saturated heterocycles. The van der Waals surface area contributed by atoms with Crippen LogP contribution in [0.1, 0.15) is 27.9 Å². The number of carbonyl (C=O) groups is 1. The van der Waals surface area contributed by atoms with E-state index in [1.807, 2.05) is 42.6 Å². The van der Waals surface area contributed by atoms with Crippen LogP contribution < -0.4 is 5.32 Å². The third kappa shape index (κ3) is 5.45. The Morgan fingerprint density at radius 2 is 2.19 bits per heavy atom. The van der Waals surface area contributed by atoms with Crippen molar-refractivity contribution in [2.75, 3.05) is 13.6 Å². The lowest BCUT2D eigenvalue weighted by atomic mass is 10.1. The zero-order valence-corrected chi connectivity index (χ0v) is 16.5. The van der Waals surface area contributed by atoms with Gasteiger partial charge in [-0.3, -0.25) is 14.7 Å². The monoisotopic (exact) mass is 386 g/mol. The SMILES string of the molecule is Cc1csc([C@H](Cc2ccsc2)NC(=O)CN(C)Cc2cccnc2)n1. The molecule has 0 spiro atoms. The van der Waals surface area contributed by atoms with Crippen molar-refractivity contribution in [1.82, 2.24) is 20.2 Å². The summed E-state index contributed by atoms with van der Waals surface area (Å²) in [5.41, 5.74) is 3.30. The molecule has 1 N–H and O–H groups in total. The first-order chi connectivity index (χ1) is 12.6. The number of amides is 1. The van der Waals surface area contributed by atoms with E-state index in [4.69, 9.17) is 0 Å². The molecule has 5 nitrogen and oxygen atoms in total. The van der Waals surface area contributed by atoms with E-state index in [-0.39, 0.29) is 11.9 Å². The van der Waals surface area contributed by atoms with Crippen LogP contribution in [0.15, 0.2) is 46.7 Å². The number of aromatic nitrogens is 2. The summed E-state index contributed by atoms with van der Waals surface area (Å²) >= 11 is 3.27. The first kappa shape index (κ1) is 18.7. The summed E-state index contributed by atoms with van der Waals surface area (Å²) in [4.78, 5) is 23.3. The van der Waals surface area contributed by atoms with Gasteiger partial charge in [0.25, 0.3) is 0 Å². The molecule has 136 valence electrons. The minimum Gasteiger partial charge on any atom is -0.345 e. The number of nitrogens with one attached hydrogen (secondary N) is 1. The zero-order chi connectivity index (χ0) is 18.4. The molecular weight excluding hydrogens is 364 g/mol. The van der Waals surface area contributed by atoms with E-state index in [0.29, 0.717) is 13.1 Å². The third-order valence-corrected chi connectivity index (χ3v) is 5.69. The number of pyridine rings is 1. The summed E-state index contributed by atoms with van der Waals surface area (Å²) in [6, 6.07) is 5.92. The molecular formula is C19H22N4OS2. The number of rotatable bonds is 8. The molecule has 0 radical (unpaired) electrons. The fourth-order valence-electron chi connectivity index (χ4n) is 2.72. The Morgan fingerprint density at radius 3 is 2.85 bits per heavy atom. The van der Waals surface area contributed by atoms with Gasteiger partial charge in [-0.25, -0.2) is 4.98 Å². The molecule has 7 heteroatoms. The molecule has 3 heterocycles. The highest BCUT2D eigenvalue weighted by Crippen LogP contribution is 2.23. The molecule has 1 atom stereocenters. The summed E-state index contributed by atoms with van der Waals surface area (Å²) in [6.45, 7) is 3.00. The van der Waals surface area contributed by atoms with Gasteiger partial charge in [0, 0.05) is 36.4 Å². The van der Waals surface area contributed by atoms with Crippen molar-refractivity contribution in [3.8, 4) is 0 Å². The maximum Gasteiger partial charge on any atom is 0.234 e. The Labute approximate surface area is 161 Å². The van der Waals surface area contributed by atoms with E-state index >= 15 is 0 Å². The van der Waals surface area contributed by atoms with Crippen LogP contribution >= 0.6 is 22.7 Å². The third-order valence-electron chi connectivity index (χ3n) is 3.88. The van der Waals surface area contributed by atoms with E-state index in [9.17, 15) is 4.79 Å². The molecule has 3 rings (SSSR count). The van der Waals surface area contributed by atoms with Crippen molar-refractivity contribution in [3.05, 3.63) is 68.6 Å². The fourth-order valence-corrected chi connectivity index (χ4v) is 4.25. The minimum absolute atomic E-state index is 0.00414. The molecule has 0 aliphatic carbocycles. The molecule has 0 aliphatic rings. The van der Waals surface area contributed by atoms with Gasteiger partial charge in [-0.1, -0.05) is 6.07 Å². The first-order valence-corrected chi connectivity index (χ1v) is 10.2. The smallest absolute Gasteiger partial charge is 0.234 e. The number of thiazole rings is 1. The molecule has 26 heavy (non-hydrogen) atoms. The number of likely N-dealkylation sites (N-methyl/N-ethyl adjacent to an activating group) is 1. The quantitative estimate of drug-likeness (QED) is 0.644. The molecule has 0 fully saturated rings.